The summed E-state index contributed by atoms with van der Waals surface area (Å²) in [4.78, 5) is 26.9. The molecule has 1 amide bonds. The van der Waals surface area contributed by atoms with Crippen molar-refractivity contribution in [3.05, 3.63) is 71.7 Å². The minimum Gasteiger partial charge on any atom is -0.340 e. The van der Waals surface area contributed by atoms with Crippen molar-refractivity contribution in [2.45, 2.75) is 32.2 Å². The summed E-state index contributed by atoms with van der Waals surface area (Å²) in [6.45, 7) is 2.59. The van der Waals surface area contributed by atoms with E-state index < -0.39 is 0 Å². The van der Waals surface area contributed by atoms with E-state index in [4.69, 9.17) is 0 Å². The van der Waals surface area contributed by atoms with E-state index in [2.05, 4.69) is 15.0 Å². The number of aromatic nitrogens is 3. The van der Waals surface area contributed by atoms with Crippen molar-refractivity contribution >= 4 is 5.91 Å². The maximum atomic E-state index is 13.5. The van der Waals surface area contributed by atoms with E-state index >= 15 is 0 Å². The van der Waals surface area contributed by atoms with Crippen LogP contribution in [0.15, 0.2) is 48.8 Å². The summed E-state index contributed by atoms with van der Waals surface area (Å²) < 4.78 is 13.5. The first-order chi connectivity index (χ1) is 13.1. The second kappa shape index (κ2) is 7.31. The van der Waals surface area contributed by atoms with E-state index in [0.29, 0.717) is 12.1 Å². The molecule has 3 aromatic rings. The van der Waals surface area contributed by atoms with Crippen molar-refractivity contribution in [1.29, 1.82) is 0 Å². The fourth-order valence-electron chi connectivity index (χ4n) is 3.53. The van der Waals surface area contributed by atoms with Crippen molar-refractivity contribution in [3.63, 3.8) is 0 Å². The molecular formula is C21H21FN4O. The summed E-state index contributed by atoms with van der Waals surface area (Å²) in [6, 6.07) is 9.94. The average Bonchev–Trinajstić information content (AvgIpc) is 3.18. The Labute approximate surface area is 157 Å². The van der Waals surface area contributed by atoms with E-state index in [0.717, 1.165) is 42.0 Å². The number of carbonyl (C=O) groups is 1. The molecule has 6 heteroatoms. The Kier molecular flexibility index (Phi) is 4.71. The molecule has 2 aromatic heterocycles. The molecule has 1 saturated heterocycles. The summed E-state index contributed by atoms with van der Waals surface area (Å²) in [7, 11) is 0. The highest BCUT2D eigenvalue weighted by atomic mass is 19.1. The predicted molar refractivity (Wildman–Crippen MR) is 101 cm³/mol. The van der Waals surface area contributed by atoms with Crippen LogP contribution >= 0.6 is 0 Å². The van der Waals surface area contributed by atoms with Gasteiger partial charge >= 0.3 is 0 Å². The maximum absolute atomic E-state index is 13.5. The molecule has 138 valence electrons. The highest BCUT2D eigenvalue weighted by Crippen LogP contribution is 2.31. The van der Waals surface area contributed by atoms with Gasteiger partial charge in [0.15, 0.2) is 0 Å². The highest BCUT2D eigenvalue weighted by Gasteiger charge is 2.30. The molecule has 0 aliphatic carbocycles. The van der Waals surface area contributed by atoms with E-state index in [9.17, 15) is 9.18 Å². The fourth-order valence-corrected chi connectivity index (χ4v) is 3.53. The lowest BCUT2D eigenvalue weighted by molar-refractivity contribution is 0.0600. The van der Waals surface area contributed by atoms with E-state index in [-0.39, 0.29) is 17.8 Å². The summed E-state index contributed by atoms with van der Waals surface area (Å²) in [5.41, 5.74) is 2.96. The monoisotopic (exact) mass is 364 g/mol. The average molecular weight is 364 g/mol. The summed E-state index contributed by atoms with van der Waals surface area (Å²) >= 11 is 0. The number of aromatic amines is 1. The van der Waals surface area contributed by atoms with Crippen LogP contribution in [-0.4, -0.2) is 32.3 Å². The largest absolute Gasteiger partial charge is 0.340 e. The zero-order chi connectivity index (χ0) is 18.8. The van der Waals surface area contributed by atoms with Crippen LogP contribution in [0, 0.1) is 12.7 Å². The van der Waals surface area contributed by atoms with Gasteiger partial charge in [0.25, 0.3) is 5.91 Å². The Morgan fingerprint density at radius 2 is 2.07 bits per heavy atom. The number of imidazole rings is 1. The van der Waals surface area contributed by atoms with Gasteiger partial charge in [-0.3, -0.25) is 9.78 Å². The van der Waals surface area contributed by atoms with Gasteiger partial charge in [0.05, 0.1) is 23.5 Å². The Bertz CT molecular complexity index is 951. The van der Waals surface area contributed by atoms with Crippen LogP contribution in [0.3, 0.4) is 0 Å². The maximum Gasteiger partial charge on any atom is 0.256 e. The first kappa shape index (κ1) is 17.4. The molecule has 1 aliphatic rings. The first-order valence-corrected chi connectivity index (χ1v) is 9.16. The molecule has 0 radical (unpaired) electrons. The van der Waals surface area contributed by atoms with Crippen molar-refractivity contribution in [3.8, 4) is 11.3 Å². The smallest absolute Gasteiger partial charge is 0.256 e. The molecule has 0 saturated carbocycles. The number of pyridine rings is 1. The topological polar surface area (TPSA) is 61.9 Å². The highest BCUT2D eigenvalue weighted by molar-refractivity contribution is 5.94. The summed E-state index contributed by atoms with van der Waals surface area (Å²) in [5.74, 6) is 0.420. The number of halogens is 1. The molecule has 0 unspecified atom stereocenters. The Balaban J connectivity index is 1.61. The third-order valence-corrected chi connectivity index (χ3v) is 4.97. The van der Waals surface area contributed by atoms with Gasteiger partial charge in [-0.1, -0.05) is 12.1 Å². The van der Waals surface area contributed by atoms with Gasteiger partial charge < -0.3 is 9.88 Å². The number of benzene rings is 1. The number of hydrogen-bond donors (Lipinski definition) is 1. The number of amides is 1. The molecule has 1 atom stereocenters. The van der Waals surface area contributed by atoms with Crippen LogP contribution in [0.5, 0.6) is 0 Å². The van der Waals surface area contributed by atoms with E-state index in [1.165, 1.54) is 12.1 Å². The summed E-state index contributed by atoms with van der Waals surface area (Å²) in [5, 5.41) is 0. The van der Waals surface area contributed by atoms with Crippen molar-refractivity contribution in [2.75, 3.05) is 6.54 Å². The zero-order valence-corrected chi connectivity index (χ0v) is 15.2. The predicted octanol–water partition coefficient (Wildman–Crippen LogP) is 4.29. The number of hydrogen-bond acceptors (Lipinski definition) is 3. The minimum atomic E-state index is -0.287. The van der Waals surface area contributed by atoms with Crippen LogP contribution in [0.1, 0.15) is 47.2 Å². The number of rotatable bonds is 3. The minimum absolute atomic E-state index is 0.0316. The number of aryl methyl sites for hydroxylation is 1. The van der Waals surface area contributed by atoms with E-state index in [1.807, 2.05) is 30.0 Å². The normalized spacial score (nSPS) is 17.1. The van der Waals surface area contributed by atoms with Gasteiger partial charge in [0, 0.05) is 24.0 Å². The molecular weight excluding hydrogens is 343 g/mol. The van der Waals surface area contributed by atoms with Gasteiger partial charge in [-0.15, -0.1) is 0 Å². The van der Waals surface area contributed by atoms with Gasteiger partial charge in [-0.25, -0.2) is 9.37 Å². The molecule has 1 N–H and O–H groups in total. The second-order valence-corrected chi connectivity index (χ2v) is 6.89. The number of nitrogens with one attached hydrogen (secondary N) is 1. The molecule has 5 nitrogen and oxygen atoms in total. The SMILES string of the molecule is Cc1ccc(C(=O)N2CCCC[C@@H]2c2ncc(-c3cccc(F)c3)[nH]2)cn1. The van der Waals surface area contributed by atoms with Crippen molar-refractivity contribution in [2.24, 2.45) is 0 Å². The Morgan fingerprint density at radius 3 is 2.85 bits per heavy atom. The van der Waals surface area contributed by atoms with Gasteiger partial charge in [0.2, 0.25) is 0 Å². The lowest BCUT2D eigenvalue weighted by atomic mass is 10.0. The molecule has 4 rings (SSSR count). The van der Waals surface area contributed by atoms with Crippen LogP contribution in [0.2, 0.25) is 0 Å². The zero-order valence-electron chi connectivity index (χ0n) is 15.2. The standard InChI is InChI=1S/C21H21FN4O/c1-14-8-9-16(12-23-14)21(27)26-10-3-2-7-19(26)20-24-13-18(25-20)15-5-4-6-17(22)11-15/h4-6,8-9,11-13,19H,2-3,7,10H2,1H3,(H,24,25)/t19-/m1/s1. The number of likely N-dealkylation sites (tertiary alicyclic amines) is 1. The second-order valence-electron chi connectivity index (χ2n) is 6.89. The number of piperidine rings is 1. The number of H-pyrrole nitrogens is 1. The van der Waals surface area contributed by atoms with Crippen LogP contribution in [0.4, 0.5) is 4.39 Å². The van der Waals surface area contributed by atoms with Crippen molar-refractivity contribution < 1.29 is 9.18 Å². The van der Waals surface area contributed by atoms with Crippen LogP contribution < -0.4 is 0 Å². The lowest BCUT2D eigenvalue weighted by Gasteiger charge is -2.34. The molecule has 1 fully saturated rings. The third-order valence-electron chi connectivity index (χ3n) is 4.97. The molecule has 27 heavy (non-hydrogen) atoms. The Hall–Kier alpha value is -3.02. The fraction of sp³-hybridized carbons (Fsp3) is 0.286. The molecule has 0 spiro atoms. The Morgan fingerprint density at radius 1 is 1.19 bits per heavy atom. The molecule has 1 aromatic carbocycles. The van der Waals surface area contributed by atoms with Crippen LogP contribution in [0.25, 0.3) is 11.3 Å². The third kappa shape index (κ3) is 3.60. The summed E-state index contributed by atoms with van der Waals surface area (Å²) in [6.07, 6.45) is 6.19. The number of carbonyl (C=O) groups excluding carboxylic acids is 1. The van der Waals surface area contributed by atoms with E-state index in [1.54, 1.807) is 18.5 Å². The van der Waals surface area contributed by atoms with Crippen LogP contribution in [-0.2, 0) is 0 Å². The first-order valence-electron chi connectivity index (χ1n) is 9.16. The molecule has 1 aliphatic heterocycles. The van der Waals surface area contributed by atoms with Gasteiger partial charge in [-0.2, -0.15) is 0 Å². The number of nitrogens with zero attached hydrogens (tertiary/aromatic N) is 3. The van der Waals surface area contributed by atoms with Gasteiger partial charge in [-0.05, 0) is 50.5 Å². The molecule has 3 heterocycles. The lowest BCUT2D eigenvalue weighted by Crippen LogP contribution is -2.39. The van der Waals surface area contributed by atoms with Gasteiger partial charge in [0.1, 0.15) is 11.6 Å². The molecule has 0 bridgehead atoms. The van der Waals surface area contributed by atoms with Crippen molar-refractivity contribution in [1.82, 2.24) is 19.9 Å². The quantitative estimate of drug-likeness (QED) is 0.754.